The summed E-state index contributed by atoms with van der Waals surface area (Å²) in [7, 11) is -6.08. The summed E-state index contributed by atoms with van der Waals surface area (Å²) < 4.78 is 64.3. The predicted molar refractivity (Wildman–Crippen MR) is 118 cm³/mol. The Balaban J connectivity index is 1.67. The van der Waals surface area contributed by atoms with Gasteiger partial charge in [-0.15, -0.1) is 0 Å². The van der Waals surface area contributed by atoms with Crippen LogP contribution in [-0.2, 0) is 20.2 Å². The number of benzene rings is 2. The molecule has 32 heavy (non-hydrogen) atoms. The third-order valence-corrected chi connectivity index (χ3v) is 10.0. The minimum atomic E-state index is -4.36. The van der Waals surface area contributed by atoms with Crippen molar-refractivity contribution in [3.05, 3.63) is 57.8 Å². The van der Waals surface area contributed by atoms with Crippen LogP contribution in [-0.4, -0.2) is 35.9 Å². The maximum atomic E-state index is 11.4. The highest BCUT2D eigenvalue weighted by atomic mass is 33.1. The average molecular weight is 515 g/mol. The second kappa shape index (κ2) is 7.88. The lowest BCUT2D eigenvalue weighted by Crippen LogP contribution is -2.22. The second-order valence-electron chi connectivity index (χ2n) is 7.06. The van der Waals surface area contributed by atoms with Crippen LogP contribution in [0.4, 0.5) is 0 Å². The number of fused-ring (bicyclic) bond motifs is 2. The molecule has 0 bridgehead atoms. The van der Waals surface area contributed by atoms with Crippen LogP contribution in [0.25, 0.3) is 0 Å². The smallest absolute Gasteiger partial charge is 0.282 e. The van der Waals surface area contributed by atoms with Gasteiger partial charge < -0.3 is 0 Å². The molecule has 2 heterocycles. The number of nitrogens with zero attached hydrogens (tertiary/aromatic N) is 4. The Kier molecular flexibility index (Phi) is 5.75. The van der Waals surface area contributed by atoms with Gasteiger partial charge in [-0.05, 0) is 58.0 Å². The van der Waals surface area contributed by atoms with Crippen molar-refractivity contribution in [3.63, 3.8) is 0 Å². The fourth-order valence-electron chi connectivity index (χ4n) is 3.14. The van der Waals surface area contributed by atoms with Gasteiger partial charge in [0, 0.05) is 12.8 Å². The molecule has 2 N–H and O–H groups in total. The van der Waals surface area contributed by atoms with E-state index in [0.29, 0.717) is 34.3 Å². The molecule has 4 rings (SSSR count). The summed E-state index contributed by atoms with van der Waals surface area (Å²) in [6.45, 7) is 3.79. The number of hydrogen-bond acceptors (Lipinski definition) is 10. The first-order valence-electron chi connectivity index (χ1n) is 9.40. The molecule has 0 aliphatic carbocycles. The summed E-state index contributed by atoms with van der Waals surface area (Å²) in [5.41, 5.74) is 0. The van der Waals surface area contributed by atoms with Gasteiger partial charge in [-0.3, -0.25) is 9.11 Å². The molecule has 0 spiro atoms. The third-order valence-electron chi connectivity index (χ3n) is 4.90. The topological polar surface area (TPSA) is 158 Å². The van der Waals surface area contributed by atoms with Crippen LogP contribution in [0, 0.1) is 0 Å². The molecule has 2 aromatic carbocycles. The maximum absolute atomic E-state index is 11.4. The Bertz CT molecular complexity index is 1460. The van der Waals surface area contributed by atoms with Gasteiger partial charge in [0.15, 0.2) is 0 Å². The van der Waals surface area contributed by atoms with E-state index in [1.165, 1.54) is 58.0 Å². The van der Waals surface area contributed by atoms with Crippen molar-refractivity contribution in [2.75, 3.05) is 0 Å². The molecular formula is C18H18N4O6S4. The third kappa shape index (κ3) is 4.34. The second-order valence-corrected chi connectivity index (χ2v) is 12.5. The van der Waals surface area contributed by atoms with Crippen molar-refractivity contribution < 1.29 is 25.9 Å². The van der Waals surface area contributed by atoms with E-state index in [9.17, 15) is 25.9 Å². The van der Waals surface area contributed by atoms with E-state index in [-0.39, 0.29) is 9.79 Å². The van der Waals surface area contributed by atoms with Gasteiger partial charge >= 0.3 is 0 Å². The lowest BCUT2D eigenvalue weighted by molar-refractivity contribution is 0.480. The highest BCUT2D eigenvalue weighted by Crippen LogP contribution is 2.49. The van der Waals surface area contributed by atoms with E-state index < -0.39 is 30.2 Å². The number of hydrogen-bond donors (Lipinski definition) is 2. The molecule has 0 radical (unpaired) electrons. The Labute approximate surface area is 191 Å². The SMILES string of the molecule is CCC1(SSC2(CC)N=c3ccc(S(=O)(=O)O)cc3=N2)N=c2ccc(S(=O)(=O)O)cc2=N1. The zero-order valence-electron chi connectivity index (χ0n) is 16.8. The Morgan fingerprint density at radius 1 is 0.688 bits per heavy atom. The fraction of sp³-hybridized carbons (Fsp3) is 0.333. The molecule has 2 aliphatic rings. The van der Waals surface area contributed by atoms with Gasteiger partial charge in [0.05, 0.1) is 31.2 Å². The van der Waals surface area contributed by atoms with E-state index in [4.69, 9.17) is 0 Å². The first-order valence-corrected chi connectivity index (χ1v) is 14.4. The standard InChI is InChI=1S/C18H18N4O6S4/c1-3-17(19-13-7-5-11(31(23,24)25)9-15(13)21-17)29-30-18(4-2)20-14-8-6-12(32(26,27)28)10-16(14)22-18/h5-10H,3-4H2,1-2H3,(H,23,24,25)(H,26,27,28). The van der Waals surface area contributed by atoms with Crippen molar-refractivity contribution in [1.29, 1.82) is 0 Å². The van der Waals surface area contributed by atoms with E-state index in [1.54, 1.807) is 0 Å². The molecule has 2 aliphatic heterocycles. The molecular weight excluding hydrogens is 496 g/mol. The van der Waals surface area contributed by atoms with Gasteiger partial charge in [-0.2, -0.15) is 16.8 Å². The van der Waals surface area contributed by atoms with Crippen molar-refractivity contribution in [3.8, 4) is 0 Å². The molecule has 2 unspecified atom stereocenters. The van der Waals surface area contributed by atoms with Crippen LogP contribution in [0.5, 0.6) is 0 Å². The summed E-state index contributed by atoms with van der Waals surface area (Å²) in [5, 5.41) is 1.75. The molecule has 10 nitrogen and oxygen atoms in total. The van der Waals surface area contributed by atoms with Gasteiger partial charge in [0.25, 0.3) is 20.2 Å². The monoisotopic (exact) mass is 514 g/mol. The summed E-state index contributed by atoms with van der Waals surface area (Å²) in [4.78, 5) is 16.1. The zero-order chi connectivity index (χ0) is 23.4. The minimum absolute atomic E-state index is 0.254. The van der Waals surface area contributed by atoms with Gasteiger partial charge in [-0.25, -0.2) is 20.0 Å². The normalized spacial score (nSPS) is 24.0. The van der Waals surface area contributed by atoms with Crippen molar-refractivity contribution in [1.82, 2.24) is 0 Å². The van der Waals surface area contributed by atoms with Crippen molar-refractivity contribution >= 4 is 41.8 Å². The fourth-order valence-corrected chi connectivity index (χ4v) is 7.14. The summed E-state index contributed by atoms with van der Waals surface area (Å²) in [5.74, 6) is 0. The van der Waals surface area contributed by atoms with Crippen LogP contribution in [0.1, 0.15) is 26.7 Å². The van der Waals surface area contributed by atoms with Crippen LogP contribution >= 0.6 is 21.6 Å². The van der Waals surface area contributed by atoms with E-state index in [2.05, 4.69) is 20.0 Å². The van der Waals surface area contributed by atoms with E-state index in [0.717, 1.165) is 0 Å². The number of rotatable bonds is 7. The van der Waals surface area contributed by atoms with E-state index >= 15 is 0 Å². The zero-order valence-corrected chi connectivity index (χ0v) is 20.1. The first-order chi connectivity index (χ1) is 14.9. The Morgan fingerprint density at radius 3 is 1.34 bits per heavy atom. The maximum Gasteiger partial charge on any atom is 0.294 e. The van der Waals surface area contributed by atoms with Gasteiger partial charge in [0.1, 0.15) is 0 Å². The van der Waals surface area contributed by atoms with Crippen molar-refractivity contribution in [2.24, 2.45) is 20.0 Å². The molecule has 2 atom stereocenters. The molecule has 0 saturated carbocycles. The lowest BCUT2D eigenvalue weighted by Gasteiger charge is -2.25. The van der Waals surface area contributed by atoms with Crippen molar-refractivity contribution in [2.45, 2.75) is 46.5 Å². The average Bonchev–Trinajstić information content (AvgIpc) is 3.28. The molecule has 0 amide bonds. The Morgan fingerprint density at radius 2 is 1.03 bits per heavy atom. The molecule has 0 saturated heterocycles. The summed E-state index contributed by atoms with van der Waals surface area (Å²) in [6, 6.07) is 8.10. The van der Waals surface area contributed by atoms with E-state index in [1.807, 2.05) is 13.8 Å². The summed E-state index contributed by atoms with van der Waals surface area (Å²) >= 11 is 0. The lowest BCUT2D eigenvalue weighted by atomic mass is 10.3. The highest BCUT2D eigenvalue weighted by molar-refractivity contribution is 8.77. The predicted octanol–water partition coefficient (Wildman–Crippen LogP) is 0.895. The molecule has 2 aromatic rings. The van der Waals surface area contributed by atoms with Crippen LogP contribution in [0.3, 0.4) is 0 Å². The van der Waals surface area contributed by atoms with Gasteiger partial charge in [-0.1, -0.05) is 13.8 Å². The van der Waals surface area contributed by atoms with Crippen LogP contribution in [0.15, 0.2) is 66.2 Å². The Hall–Kier alpha value is -1.84. The van der Waals surface area contributed by atoms with Crippen LogP contribution in [0.2, 0.25) is 0 Å². The van der Waals surface area contributed by atoms with Crippen LogP contribution < -0.4 is 21.4 Å². The minimum Gasteiger partial charge on any atom is -0.282 e. The molecule has 170 valence electrons. The van der Waals surface area contributed by atoms with Gasteiger partial charge in [0.2, 0.25) is 9.99 Å². The largest absolute Gasteiger partial charge is 0.294 e. The highest BCUT2D eigenvalue weighted by Gasteiger charge is 2.38. The molecule has 0 aromatic heterocycles. The quantitative estimate of drug-likeness (QED) is 0.407. The summed E-state index contributed by atoms with van der Waals surface area (Å²) in [6.07, 6.45) is 1.00. The first kappa shape index (κ1) is 23.3. The molecule has 0 fully saturated rings. The molecule has 14 heteroatoms.